The van der Waals surface area contributed by atoms with E-state index in [2.05, 4.69) is 43.0 Å². The van der Waals surface area contributed by atoms with Gasteiger partial charge in [0, 0.05) is 103 Å². The van der Waals surface area contributed by atoms with Gasteiger partial charge in [0.25, 0.3) is 23.6 Å². The van der Waals surface area contributed by atoms with Crippen molar-refractivity contribution in [3.63, 3.8) is 0 Å². The molecule has 366 valence electrons. The van der Waals surface area contributed by atoms with E-state index in [1.807, 2.05) is 37.4 Å². The molecule has 4 heterocycles. The van der Waals surface area contributed by atoms with Crippen LogP contribution in [0, 0.1) is 0 Å². The first-order valence-corrected chi connectivity index (χ1v) is 23.0. The third-order valence-electron chi connectivity index (χ3n) is 12.4. The number of carbonyl (C=O) groups excluding carboxylic acids is 9. The zero-order chi connectivity index (χ0) is 50.3. The van der Waals surface area contributed by atoms with Gasteiger partial charge >= 0.3 is 6.09 Å². The second-order valence-corrected chi connectivity index (χ2v) is 17.4. The maximum Gasteiger partial charge on any atom is 0.415 e. The predicted molar refractivity (Wildman–Crippen MR) is 264 cm³/mol. The van der Waals surface area contributed by atoms with Crippen LogP contribution in [0.2, 0.25) is 0 Å². The Morgan fingerprint density at radius 2 is 1.49 bits per heavy atom. The van der Waals surface area contributed by atoms with E-state index < -0.39 is 66.6 Å². The number of hydrogen-bond acceptors (Lipinski definition) is 11. The molecule has 1 fully saturated rings. The van der Waals surface area contributed by atoms with E-state index in [1.54, 1.807) is 40.1 Å². The Kier molecular flexibility index (Phi) is 14.7. The van der Waals surface area contributed by atoms with Crippen LogP contribution in [-0.2, 0) is 28.8 Å². The molecule has 9 amide bonds. The molecule has 0 saturated carbocycles. The molecular formula is C51H52N10O10. The maximum atomic E-state index is 14.3. The fraction of sp³-hybridized carbons (Fsp3) is 0.275. The first-order chi connectivity index (χ1) is 34.1. The Bertz CT molecular complexity index is 2990. The van der Waals surface area contributed by atoms with Gasteiger partial charge in [0.1, 0.15) is 17.5 Å². The topological polar surface area (TPSA) is 252 Å². The van der Waals surface area contributed by atoms with Crippen molar-refractivity contribution in [1.29, 1.82) is 0 Å². The molecule has 0 aliphatic carbocycles. The first kappa shape index (κ1) is 48.8. The summed E-state index contributed by atoms with van der Waals surface area (Å²) >= 11 is 0. The van der Waals surface area contributed by atoms with E-state index in [9.17, 15) is 43.2 Å². The average molecular weight is 965 g/mol. The molecule has 20 nitrogen and oxygen atoms in total. The fourth-order valence-electron chi connectivity index (χ4n) is 8.55. The highest BCUT2D eigenvalue weighted by Crippen LogP contribution is 2.46. The van der Waals surface area contributed by atoms with Crippen LogP contribution in [0.4, 0.5) is 21.9 Å². The highest BCUT2D eigenvalue weighted by atomic mass is 16.6. The number of nitrogens with zero attached hydrogens (tertiary/aromatic N) is 4. The first-order valence-electron chi connectivity index (χ1n) is 23.0. The molecule has 8 rings (SSSR count). The lowest BCUT2D eigenvalue weighted by molar-refractivity contribution is -0.137. The molecule has 20 heteroatoms. The van der Waals surface area contributed by atoms with Crippen LogP contribution in [0.1, 0.15) is 52.1 Å². The Labute approximate surface area is 407 Å². The van der Waals surface area contributed by atoms with Crippen molar-refractivity contribution >= 4 is 92.1 Å². The third kappa shape index (κ3) is 11.3. The second-order valence-electron chi connectivity index (χ2n) is 17.4. The molecule has 2 atom stereocenters. The van der Waals surface area contributed by atoms with Crippen molar-refractivity contribution in [2.24, 2.45) is 0 Å². The van der Waals surface area contributed by atoms with Crippen LogP contribution >= 0.6 is 0 Å². The van der Waals surface area contributed by atoms with Gasteiger partial charge in [-0.1, -0.05) is 30.3 Å². The van der Waals surface area contributed by atoms with Gasteiger partial charge in [0.15, 0.2) is 0 Å². The molecule has 3 aliphatic rings. The number of piperazine rings is 1. The van der Waals surface area contributed by atoms with Gasteiger partial charge in [-0.3, -0.25) is 43.3 Å². The normalized spacial score (nSPS) is 15.9. The van der Waals surface area contributed by atoms with E-state index in [0.29, 0.717) is 64.6 Å². The number of likely N-dealkylation sites (N-methyl/N-ethyl adjacent to an activating group) is 1. The lowest BCUT2D eigenvalue weighted by Gasteiger charge is -2.31. The second kappa shape index (κ2) is 21.3. The summed E-state index contributed by atoms with van der Waals surface area (Å²) in [5.41, 5.74) is 3.66. The van der Waals surface area contributed by atoms with Crippen molar-refractivity contribution in [3.8, 4) is 5.75 Å². The van der Waals surface area contributed by atoms with E-state index in [4.69, 9.17) is 4.74 Å². The van der Waals surface area contributed by atoms with Crippen molar-refractivity contribution < 1.29 is 47.9 Å². The highest BCUT2D eigenvalue weighted by Gasteiger charge is 2.35. The number of H-pyrrole nitrogens is 1. The number of imide groups is 1. The van der Waals surface area contributed by atoms with Gasteiger partial charge in [-0.05, 0) is 79.9 Å². The van der Waals surface area contributed by atoms with Crippen molar-refractivity contribution in [2.75, 3.05) is 74.9 Å². The molecule has 1 saturated heterocycles. The Morgan fingerprint density at radius 3 is 2.21 bits per heavy atom. The molecule has 6 N–H and O–H groups in total. The number of nitrogens with one attached hydrogen (secondary N) is 6. The summed E-state index contributed by atoms with van der Waals surface area (Å²) in [4.78, 5) is 124. The summed E-state index contributed by atoms with van der Waals surface area (Å²) < 4.78 is 6.04. The van der Waals surface area contributed by atoms with E-state index in [-0.39, 0.29) is 31.2 Å². The Hall–Kier alpha value is -8.65. The lowest BCUT2D eigenvalue weighted by atomic mass is 9.94. The van der Waals surface area contributed by atoms with Gasteiger partial charge in [-0.25, -0.2) is 4.79 Å². The minimum Gasteiger partial charge on any atom is -0.409 e. The quantitative estimate of drug-likeness (QED) is 0.0616. The summed E-state index contributed by atoms with van der Waals surface area (Å²) in [6.45, 7) is 7.63. The van der Waals surface area contributed by atoms with Gasteiger partial charge in [0.2, 0.25) is 23.6 Å². The minimum absolute atomic E-state index is 0.0284. The largest absolute Gasteiger partial charge is 0.415 e. The van der Waals surface area contributed by atoms with Crippen LogP contribution in [0.3, 0.4) is 0 Å². The summed E-state index contributed by atoms with van der Waals surface area (Å²) in [5, 5.41) is 15.1. The van der Waals surface area contributed by atoms with Gasteiger partial charge in [0.05, 0.1) is 18.8 Å². The number of carbonyl (C=O) groups is 9. The molecule has 0 spiro atoms. The van der Waals surface area contributed by atoms with Gasteiger partial charge in [-0.2, -0.15) is 0 Å². The summed E-state index contributed by atoms with van der Waals surface area (Å²) in [6.07, 6.45) is 3.87. The summed E-state index contributed by atoms with van der Waals surface area (Å²) in [6, 6.07) is 21.4. The molecule has 4 aromatic carbocycles. The van der Waals surface area contributed by atoms with Crippen molar-refractivity contribution in [2.45, 2.75) is 31.7 Å². The number of hydrogen-bond donors (Lipinski definition) is 6. The van der Waals surface area contributed by atoms with Crippen LogP contribution in [-0.4, -0.2) is 138 Å². The third-order valence-corrected chi connectivity index (χ3v) is 12.4. The Morgan fingerprint density at radius 1 is 0.803 bits per heavy atom. The van der Waals surface area contributed by atoms with Gasteiger partial charge in [-0.15, -0.1) is 6.58 Å². The molecule has 5 aromatic rings. The SMILES string of the molecule is C=CC1CN(C(=O)c2cc3cc(NC(=O)c4ccc(NC(=O)CNC(=O)[C@H](C)NC(=O)CNC(=O)CCCN5C(=O)C=CC5=O)cc4)ccc3[nH]2)c2cc(OC(=O)N3CCN(C)CC3)c3ccccc3c21. The number of ether oxygens (including phenoxy) is 1. The smallest absolute Gasteiger partial charge is 0.409 e. The van der Waals surface area contributed by atoms with Crippen LogP contribution in [0.5, 0.6) is 5.75 Å². The standard InChI is InChI=1S/C51H52N10O10/c1-4-31-29-61(40-26-41(36-8-5-6-9-37(36)47(31)40)71-51(70)59-22-20-58(3)21-23-59)50(69)39-25-33-24-35(15-16-38(33)57-39)56-49(68)32-11-13-34(14-12-32)55-44(64)28-53-48(67)30(2)54-43(63)27-52-42(62)10-7-19-60-45(65)17-18-46(60)66/h4-6,8-9,11-18,24-26,30-31,57H,1,7,10,19-23,27-29H2,2-3H3,(H,52,62)(H,53,67)(H,54,63)(H,55,64)(H,56,68)/t30-,31?/m0/s1. The zero-order valence-corrected chi connectivity index (χ0v) is 39.0. The van der Waals surface area contributed by atoms with Crippen molar-refractivity contribution in [1.82, 2.24) is 35.6 Å². The van der Waals surface area contributed by atoms with Crippen LogP contribution in [0.15, 0.2) is 104 Å². The maximum absolute atomic E-state index is 14.3. The average Bonchev–Trinajstić information content (AvgIpc) is 4.06. The van der Waals surface area contributed by atoms with E-state index >= 15 is 0 Å². The number of aromatic amines is 1. The number of aromatic nitrogens is 1. The number of anilines is 3. The fourth-order valence-corrected chi connectivity index (χ4v) is 8.55. The molecule has 1 unspecified atom stereocenters. The van der Waals surface area contributed by atoms with Crippen molar-refractivity contribution in [3.05, 3.63) is 120 Å². The van der Waals surface area contributed by atoms with E-state index in [1.165, 1.54) is 31.2 Å². The highest BCUT2D eigenvalue weighted by molar-refractivity contribution is 6.13. The predicted octanol–water partition coefficient (Wildman–Crippen LogP) is 3.63. The lowest BCUT2D eigenvalue weighted by Crippen LogP contribution is -2.49. The van der Waals surface area contributed by atoms with Crippen LogP contribution < -0.4 is 36.2 Å². The monoisotopic (exact) mass is 964 g/mol. The number of benzene rings is 4. The summed E-state index contributed by atoms with van der Waals surface area (Å²) in [5.74, 6) is -3.76. The molecule has 71 heavy (non-hydrogen) atoms. The van der Waals surface area contributed by atoms with Gasteiger partial charge < -0.3 is 51.0 Å². The number of fused-ring (bicyclic) bond motifs is 4. The molecule has 1 aromatic heterocycles. The van der Waals surface area contributed by atoms with Crippen LogP contribution in [0.25, 0.3) is 21.7 Å². The molecule has 0 bridgehead atoms. The number of rotatable bonds is 16. The number of amides is 9. The Balaban J connectivity index is 0.817. The molecule has 0 radical (unpaired) electrons. The molecule has 3 aliphatic heterocycles. The van der Waals surface area contributed by atoms with E-state index in [0.717, 1.165) is 46.5 Å². The summed E-state index contributed by atoms with van der Waals surface area (Å²) in [7, 11) is 2.01. The minimum atomic E-state index is -1.03. The molecular weight excluding hydrogens is 913 g/mol. The zero-order valence-electron chi connectivity index (χ0n) is 39.0.